The molecule has 0 unspecified atom stereocenters. The number of rotatable bonds is 6. The standard InChI is InChI=1S/C18H19Cl2NO4/c1-10(2)9-21-17(22)11(3)24-18(23)15-8-7-14(25-15)12-5-4-6-13(19)16(12)20/h4-8,10-11H,9H2,1-3H3,(H,21,22)/t11-/m1/s1. The van der Waals surface area contributed by atoms with E-state index < -0.39 is 12.1 Å². The normalized spacial score (nSPS) is 12.1. The van der Waals surface area contributed by atoms with Crippen molar-refractivity contribution in [1.82, 2.24) is 5.32 Å². The van der Waals surface area contributed by atoms with Crippen LogP contribution in [0.2, 0.25) is 10.0 Å². The third-order valence-corrected chi connectivity index (χ3v) is 4.18. The highest BCUT2D eigenvalue weighted by Gasteiger charge is 2.22. The molecule has 0 aliphatic rings. The molecule has 134 valence electrons. The number of esters is 1. The smallest absolute Gasteiger partial charge is 0.375 e. The lowest BCUT2D eigenvalue weighted by Crippen LogP contribution is -2.37. The summed E-state index contributed by atoms with van der Waals surface area (Å²) in [5.41, 5.74) is 0.566. The molecule has 0 saturated heterocycles. The largest absolute Gasteiger partial charge is 0.449 e. The minimum absolute atomic E-state index is 0.0189. The van der Waals surface area contributed by atoms with Crippen LogP contribution in [0.1, 0.15) is 31.3 Å². The van der Waals surface area contributed by atoms with Gasteiger partial charge in [0.05, 0.1) is 10.0 Å². The van der Waals surface area contributed by atoms with Gasteiger partial charge in [0.1, 0.15) is 5.76 Å². The molecule has 2 rings (SSSR count). The highest BCUT2D eigenvalue weighted by molar-refractivity contribution is 6.43. The van der Waals surface area contributed by atoms with Gasteiger partial charge in [-0.25, -0.2) is 4.79 Å². The van der Waals surface area contributed by atoms with Gasteiger partial charge in [-0.15, -0.1) is 0 Å². The molecule has 1 atom stereocenters. The molecule has 0 fully saturated rings. The summed E-state index contributed by atoms with van der Waals surface area (Å²) in [5, 5.41) is 3.42. The van der Waals surface area contributed by atoms with Gasteiger partial charge in [-0.3, -0.25) is 4.79 Å². The molecule has 1 N–H and O–H groups in total. The molecule has 1 aromatic carbocycles. The fourth-order valence-corrected chi connectivity index (χ4v) is 2.40. The van der Waals surface area contributed by atoms with Crippen LogP contribution in [0.15, 0.2) is 34.7 Å². The fourth-order valence-electron chi connectivity index (χ4n) is 2.01. The first kappa shape index (κ1) is 19.3. The van der Waals surface area contributed by atoms with Crippen LogP contribution in [0.4, 0.5) is 0 Å². The van der Waals surface area contributed by atoms with Crippen LogP contribution in [-0.2, 0) is 9.53 Å². The molecule has 1 aromatic heterocycles. The summed E-state index contributed by atoms with van der Waals surface area (Å²) in [6.07, 6.45) is -0.922. The summed E-state index contributed by atoms with van der Waals surface area (Å²) < 4.78 is 10.6. The molecular formula is C18H19Cl2NO4. The minimum Gasteiger partial charge on any atom is -0.449 e. The third kappa shape index (κ3) is 5.00. The summed E-state index contributed by atoms with van der Waals surface area (Å²) >= 11 is 12.1. The zero-order valence-electron chi connectivity index (χ0n) is 14.1. The van der Waals surface area contributed by atoms with Crippen molar-refractivity contribution < 1.29 is 18.7 Å². The number of nitrogens with one attached hydrogen (secondary N) is 1. The SMILES string of the molecule is CC(C)CNC(=O)[C@@H](C)OC(=O)c1ccc(-c2cccc(Cl)c2Cl)o1. The van der Waals surface area contributed by atoms with E-state index in [1.807, 2.05) is 13.8 Å². The Hall–Kier alpha value is -1.98. The van der Waals surface area contributed by atoms with Gasteiger partial charge in [0.15, 0.2) is 6.10 Å². The molecular weight excluding hydrogens is 365 g/mol. The number of halogens is 2. The Morgan fingerprint density at radius 1 is 1.16 bits per heavy atom. The van der Waals surface area contributed by atoms with Gasteiger partial charge in [-0.1, -0.05) is 43.1 Å². The van der Waals surface area contributed by atoms with Crippen molar-refractivity contribution in [2.75, 3.05) is 6.54 Å². The number of benzene rings is 1. The summed E-state index contributed by atoms with van der Waals surface area (Å²) in [4.78, 5) is 24.0. The highest BCUT2D eigenvalue weighted by Crippen LogP contribution is 2.34. The van der Waals surface area contributed by atoms with Crippen molar-refractivity contribution in [3.8, 4) is 11.3 Å². The Morgan fingerprint density at radius 2 is 1.88 bits per heavy atom. The van der Waals surface area contributed by atoms with E-state index in [1.165, 1.54) is 13.0 Å². The van der Waals surface area contributed by atoms with Crippen molar-refractivity contribution in [3.63, 3.8) is 0 Å². The molecule has 7 heteroatoms. The number of carbonyl (C=O) groups excluding carboxylic acids is 2. The van der Waals surface area contributed by atoms with E-state index in [4.69, 9.17) is 32.4 Å². The molecule has 0 aliphatic carbocycles. The van der Waals surface area contributed by atoms with E-state index in [0.717, 1.165) is 0 Å². The van der Waals surface area contributed by atoms with Gasteiger partial charge in [0.2, 0.25) is 5.76 Å². The van der Waals surface area contributed by atoms with Crippen LogP contribution in [0.5, 0.6) is 0 Å². The minimum atomic E-state index is -0.922. The van der Waals surface area contributed by atoms with E-state index in [0.29, 0.717) is 33.8 Å². The summed E-state index contributed by atoms with van der Waals surface area (Å²) in [5.74, 6) is -0.406. The maximum absolute atomic E-state index is 12.1. The molecule has 0 spiro atoms. The first-order valence-corrected chi connectivity index (χ1v) is 8.58. The zero-order chi connectivity index (χ0) is 18.6. The lowest BCUT2D eigenvalue weighted by molar-refractivity contribution is -0.129. The Bertz CT molecular complexity index is 770. The maximum Gasteiger partial charge on any atom is 0.375 e. The Labute approximate surface area is 156 Å². The average molecular weight is 384 g/mol. The van der Waals surface area contributed by atoms with Crippen LogP contribution in [0.3, 0.4) is 0 Å². The van der Waals surface area contributed by atoms with Crippen LogP contribution in [0.25, 0.3) is 11.3 Å². The van der Waals surface area contributed by atoms with E-state index in [2.05, 4.69) is 5.32 Å². The number of hydrogen-bond donors (Lipinski definition) is 1. The molecule has 0 bridgehead atoms. The van der Waals surface area contributed by atoms with E-state index in [-0.39, 0.29) is 11.7 Å². The van der Waals surface area contributed by atoms with Crippen molar-refractivity contribution >= 4 is 35.1 Å². The van der Waals surface area contributed by atoms with Gasteiger partial charge in [0, 0.05) is 12.1 Å². The second kappa shape index (κ2) is 8.41. The lowest BCUT2D eigenvalue weighted by atomic mass is 10.2. The summed E-state index contributed by atoms with van der Waals surface area (Å²) in [6, 6.07) is 8.17. The van der Waals surface area contributed by atoms with Gasteiger partial charge < -0.3 is 14.5 Å². The van der Waals surface area contributed by atoms with E-state index in [1.54, 1.807) is 24.3 Å². The van der Waals surface area contributed by atoms with Gasteiger partial charge >= 0.3 is 5.97 Å². The van der Waals surface area contributed by atoms with Crippen LogP contribution in [-0.4, -0.2) is 24.5 Å². The molecule has 25 heavy (non-hydrogen) atoms. The molecule has 1 heterocycles. The molecule has 0 saturated carbocycles. The lowest BCUT2D eigenvalue weighted by Gasteiger charge is -2.13. The average Bonchev–Trinajstić information content (AvgIpc) is 3.04. The molecule has 5 nitrogen and oxygen atoms in total. The third-order valence-electron chi connectivity index (χ3n) is 3.36. The van der Waals surface area contributed by atoms with Crippen molar-refractivity contribution in [2.45, 2.75) is 26.9 Å². The van der Waals surface area contributed by atoms with E-state index in [9.17, 15) is 9.59 Å². The molecule has 1 amide bonds. The predicted octanol–water partition coefficient (Wildman–Crippen LogP) is 4.57. The highest BCUT2D eigenvalue weighted by atomic mass is 35.5. The fraction of sp³-hybridized carbons (Fsp3) is 0.333. The van der Waals surface area contributed by atoms with Gasteiger partial charge in [-0.2, -0.15) is 0 Å². The monoisotopic (exact) mass is 383 g/mol. The molecule has 2 aromatic rings. The summed E-state index contributed by atoms with van der Waals surface area (Å²) in [6.45, 7) is 5.97. The van der Waals surface area contributed by atoms with Crippen LogP contribution >= 0.6 is 23.2 Å². The first-order chi connectivity index (χ1) is 11.8. The topological polar surface area (TPSA) is 68.5 Å². The summed E-state index contributed by atoms with van der Waals surface area (Å²) in [7, 11) is 0. The number of hydrogen-bond acceptors (Lipinski definition) is 4. The quantitative estimate of drug-likeness (QED) is 0.741. The van der Waals surface area contributed by atoms with Crippen molar-refractivity contribution in [3.05, 3.63) is 46.1 Å². The predicted molar refractivity (Wildman–Crippen MR) is 96.9 cm³/mol. The Kier molecular flexibility index (Phi) is 6.51. The van der Waals surface area contributed by atoms with Crippen molar-refractivity contribution in [1.29, 1.82) is 0 Å². The number of carbonyl (C=O) groups is 2. The zero-order valence-corrected chi connectivity index (χ0v) is 15.6. The maximum atomic E-state index is 12.1. The number of amides is 1. The second-order valence-corrected chi connectivity index (χ2v) is 6.74. The first-order valence-electron chi connectivity index (χ1n) is 7.82. The second-order valence-electron chi connectivity index (χ2n) is 5.95. The molecule has 0 aliphatic heterocycles. The van der Waals surface area contributed by atoms with Gasteiger partial charge in [0.25, 0.3) is 5.91 Å². The molecule has 0 radical (unpaired) electrons. The van der Waals surface area contributed by atoms with E-state index >= 15 is 0 Å². The number of ether oxygens (including phenoxy) is 1. The van der Waals surface area contributed by atoms with Gasteiger partial charge in [-0.05, 0) is 37.1 Å². The van der Waals surface area contributed by atoms with Crippen LogP contribution in [0, 0.1) is 5.92 Å². The number of furan rings is 1. The van der Waals surface area contributed by atoms with Crippen LogP contribution < -0.4 is 5.32 Å². The Balaban J connectivity index is 2.05. The Morgan fingerprint density at radius 3 is 2.56 bits per heavy atom. The van der Waals surface area contributed by atoms with Crippen molar-refractivity contribution in [2.24, 2.45) is 5.92 Å².